The number of rotatable bonds is 5. The van der Waals surface area contributed by atoms with Crippen LogP contribution in [0.5, 0.6) is 0 Å². The maximum Gasteiger partial charge on any atom is 0.219 e. The van der Waals surface area contributed by atoms with Crippen LogP contribution in [0.2, 0.25) is 0 Å². The Morgan fingerprint density at radius 3 is 1.73 bits per heavy atom. The zero-order valence-electron chi connectivity index (χ0n) is 22.6. The van der Waals surface area contributed by atoms with E-state index in [1.165, 1.54) is 4.31 Å². The van der Waals surface area contributed by atoms with E-state index in [0.717, 1.165) is 16.7 Å². The molecule has 37 heavy (non-hydrogen) atoms. The molecule has 0 radical (unpaired) electrons. The normalized spacial score (nSPS) is 26.6. The van der Waals surface area contributed by atoms with Gasteiger partial charge in [0.25, 0.3) is 0 Å². The van der Waals surface area contributed by atoms with Gasteiger partial charge in [-0.1, -0.05) is 54.6 Å². The molecule has 7 nitrogen and oxygen atoms in total. The SMILES string of the molecule is CC(C)(C)S(=O)(=O)N1CC(O)CC1c1cccc(C2C[C@@H](c3ccccc3)N(S(=O)(=O)C(C)(C)C)C2)c1. The zero-order chi connectivity index (χ0) is 27.4. The molecule has 1 N–H and O–H groups in total. The molecule has 0 bridgehead atoms. The summed E-state index contributed by atoms with van der Waals surface area (Å²) in [4.78, 5) is 0. The Balaban J connectivity index is 1.70. The molecule has 2 fully saturated rings. The molecule has 0 saturated carbocycles. The number of aliphatic hydroxyl groups excluding tert-OH is 1. The minimum absolute atomic E-state index is 0.0405. The lowest BCUT2D eigenvalue weighted by Crippen LogP contribution is -2.43. The van der Waals surface area contributed by atoms with Gasteiger partial charge < -0.3 is 5.11 Å². The average Bonchev–Trinajstić information content (AvgIpc) is 3.43. The van der Waals surface area contributed by atoms with Crippen molar-refractivity contribution in [1.82, 2.24) is 8.61 Å². The minimum atomic E-state index is -3.64. The maximum absolute atomic E-state index is 13.6. The molecule has 3 unspecified atom stereocenters. The minimum Gasteiger partial charge on any atom is -0.392 e. The number of sulfonamides is 2. The van der Waals surface area contributed by atoms with Crippen molar-refractivity contribution in [2.24, 2.45) is 0 Å². The van der Waals surface area contributed by atoms with Crippen LogP contribution in [-0.4, -0.2) is 59.2 Å². The number of benzene rings is 2. The van der Waals surface area contributed by atoms with Gasteiger partial charge in [-0.3, -0.25) is 0 Å². The van der Waals surface area contributed by atoms with Crippen LogP contribution in [0.3, 0.4) is 0 Å². The molecule has 2 saturated heterocycles. The van der Waals surface area contributed by atoms with Crippen molar-refractivity contribution < 1.29 is 21.9 Å². The van der Waals surface area contributed by atoms with Gasteiger partial charge in [0.1, 0.15) is 0 Å². The number of hydrogen-bond acceptors (Lipinski definition) is 5. The van der Waals surface area contributed by atoms with Crippen LogP contribution < -0.4 is 0 Å². The van der Waals surface area contributed by atoms with Crippen LogP contribution in [0.25, 0.3) is 0 Å². The highest BCUT2D eigenvalue weighted by atomic mass is 32.2. The van der Waals surface area contributed by atoms with Crippen molar-refractivity contribution in [2.45, 2.75) is 88.0 Å². The monoisotopic (exact) mass is 548 g/mol. The molecule has 0 amide bonds. The van der Waals surface area contributed by atoms with Crippen molar-refractivity contribution in [3.8, 4) is 0 Å². The molecule has 0 aromatic heterocycles. The van der Waals surface area contributed by atoms with Gasteiger partial charge in [0, 0.05) is 13.1 Å². The summed E-state index contributed by atoms with van der Waals surface area (Å²) in [5.41, 5.74) is 2.78. The molecule has 2 aliphatic heterocycles. The first-order chi connectivity index (χ1) is 17.0. The Morgan fingerprint density at radius 2 is 1.16 bits per heavy atom. The summed E-state index contributed by atoms with van der Waals surface area (Å²) < 4.78 is 55.0. The van der Waals surface area contributed by atoms with Crippen LogP contribution in [0.1, 0.15) is 89.1 Å². The fourth-order valence-corrected chi connectivity index (χ4v) is 8.60. The lowest BCUT2D eigenvalue weighted by Gasteiger charge is -2.31. The Morgan fingerprint density at radius 1 is 0.676 bits per heavy atom. The molecule has 9 heteroatoms. The van der Waals surface area contributed by atoms with E-state index in [1.807, 2.05) is 54.6 Å². The molecule has 4 rings (SSSR count). The van der Waals surface area contributed by atoms with E-state index in [9.17, 15) is 21.9 Å². The van der Waals surface area contributed by atoms with Gasteiger partial charge >= 0.3 is 0 Å². The van der Waals surface area contributed by atoms with Crippen LogP contribution in [0, 0.1) is 0 Å². The first-order valence-electron chi connectivity index (χ1n) is 12.9. The van der Waals surface area contributed by atoms with E-state index >= 15 is 0 Å². The number of aliphatic hydroxyl groups is 1. The van der Waals surface area contributed by atoms with Gasteiger partial charge in [-0.2, -0.15) is 8.61 Å². The van der Waals surface area contributed by atoms with Crippen molar-refractivity contribution >= 4 is 20.0 Å². The van der Waals surface area contributed by atoms with Crippen molar-refractivity contribution in [3.63, 3.8) is 0 Å². The summed E-state index contributed by atoms with van der Waals surface area (Å²) in [6.45, 7) is 10.6. The molecule has 204 valence electrons. The predicted octanol–water partition coefficient (Wildman–Crippen LogP) is 4.58. The second-order valence-corrected chi connectivity index (χ2v) is 17.6. The summed E-state index contributed by atoms with van der Waals surface area (Å²) in [7, 11) is -7.22. The highest BCUT2D eigenvalue weighted by Crippen LogP contribution is 2.45. The van der Waals surface area contributed by atoms with Crippen molar-refractivity contribution in [3.05, 3.63) is 71.3 Å². The quantitative estimate of drug-likeness (QED) is 0.590. The number of β-amino-alcohol motifs (C(OH)–C–C–N with tert-alkyl or cyclic N) is 1. The van der Waals surface area contributed by atoms with Gasteiger partial charge in [-0.05, 0) is 77.0 Å². The van der Waals surface area contributed by atoms with Gasteiger partial charge in [-0.25, -0.2) is 16.8 Å². The largest absolute Gasteiger partial charge is 0.392 e. The second-order valence-electron chi connectivity index (χ2n) is 12.3. The highest BCUT2D eigenvalue weighted by Gasteiger charge is 2.47. The lowest BCUT2D eigenvalue weighted by atomic mass is 9.91. The molecule has 2 heterocycles. The molecule has 4 atom stereocenters. The van der Waals surface area contributed by atoms with Crippen LogP contribution in [0.15, 0.2) is 54.6 Å². The van der Waals surface area contributed by atoms with E-state index < -0.39 is 41.7 Å². The third-order valence-corrected chi connectivity index (χ3v) is 12.7. The summed E-state index contributed by atoms with van der Waals surface area (Å²) in [6, 6.07) is 16.8. The highest BCUT2D eigenvalue weighted by molar-refractivity contribution is 7.90. The molecule has 2 aromatic rings. The molecule has 0 spiro atoms. The van der Waals surface area contributed by atoms with E-state index in [2.05, 4.69) is 0 Å². The Hall–Kier alpha value is -1.78. The third kappa shape index (κ3) is 5.26. The summed E-state index contributed by atoms with van der Waals surface area (Å²) in [6.07, 6.45) is 0.243. The Kier molecular flexibility index (Phi) is 7.44. The predicted molar refractivity (Wildman–Crippen MR) is 147 cm³/mol. The van der Waals surface area contributed by atoms with Gasteiger partial charge in [0.05, 0.1) is 27.7 Å². The van der Waals surface area contributed by atoms with E-state index in [0.29, 0.717) is 19.4 Å². The van der Waals surface area contributed by atoms with E-state index in [1.54, 1.807) is 45.8 Å². The van der Waals surface area contributed by atoms with Crippen LogP contribution in [-0.2, 0) is 20.0 Å². The molecular formula is C28H40N2O5S2. The summed E-state index contributed by atoms with van der Waals surface area (Å²) in [5, 5.41) is 10.4. The molecule has 2 aliphatic rings. The lowest BCUT2D eigenvalue weighted by molar-refractivity contribution is 0.188. The first-order valence-corrected chi connectivity index (χ1v) is 15.8. The van der Waals surface area contributed by atoms with E-state index in [4.69, 9.17) is 0 Å². The van der Waals surface area contributed by atoms with Crippen molar-refractivity contribution in [1.29, 1.82) is 0 Å². The molecular weight excluding hydrogens is 508 g/mol. The van der Waals surface area contributed by atoms with Crippen LogP contribution in [0.4, 0.5) is 0 Å². The Bertz CT molecular complexity index is 1330. The van der Waals surface area contributed by atoms with E-state index in [-0.39, 0.29) is 18.5 Å². The topological polar surface area (TPSA) is 95.0 Å². The zero-order valence-corrected chi connectivity index (χ0v) is 24.3. The summed E-state index contributed by atoms with van der Waals surface area (Å²) >= 11 is 0. The number of nitrogens with zero attached hydrogens (tertiary/aromatic N) is 2. The van der Waals surface area contributed by atoms with Gasteiger partial charge in [-0.15, -0.1) is 0 Å². The maximum atomic E-state index is 13.6. The van der Waals surface area contributed by atoms with Gasteiger partial charge in [0.15, 0.2) is 0 Å². The first kappa shape index (κ1) is 28.2. The molecule has 2 aromatic carbocycles. The second kappa shape index (κ2) is 9.75. The van der Waals surface area contributed by atoms with Crippen LogP contribution >= 0.6 is 0 Å². The third-order valence-electron chi connectivity index (χ3n) is 7.61. The smallest absolute Gasteiger partial charge is 0.219 e. The van der Waals surface area contributed by atoms with Crippen molar-refractivity contribution in [2.75, 3.05) is 13.1 Å². The Labute approximate surface area is 222 Å². The standard InChI is InChI=1S/C28H40N2O5S2/c1-27(2,3)36(32,33)29-18-23(16-25(29)20-11-8-7-9-12-20)21-13-10-14-22(15-21)26-17-24(31)19-30(26)37(34,35)28(4,5)6/h7-15,23-26,31H,16-19H2,1-6H3/t23?,24?,25-,26?/m0/s1. The fraction of sp³-hybridized carbons (Fsp3) is 0.571. The number of hydrogen-bond donors (Lipinski definition) is 1. The fourth-order valence-electron chi connectivity index (χ4n) is 5.37. The summed E-state index contributed by atoms with van der Waals surface area (Å²) in [5.74, 6) is -0.0405. The molecule has 0 aliphatic carbocycles. The average molecular weight is 549 g/mol. The van der Waals surface area contributed by atoms with Gasteiger partial charge in [0.2, 0.25) is 20.0 Å².